The topological polar surface area (TPSA) is 123 Å². The normalized spacial score (nSPS) is 15.4. The number of hydrogen-bond donors (Lipinski definition) is 3. The molecule has 9 heteroatoms. The fourth-order valence-electron chi connectivity index (χ4n) is 4.82. The number of carbonyl (C=O) groups excluding carboxylic acids is 2. The van der Waals surface area contributed by atoms with Gasteiger partial charge in [-0.1, -0.05) is 60.7 Å². The Morgan fingerprint density at radius 2 is 1.50 bits per heavy atom. The predicted molar refractivity (Wildman–Crippen MR) is 139 cm³/mol. The molecule has 3 aromatic carbocycles. The van der Waals surface area contributed by atoms with Gasteiger partial charge in [0, 0.05) is 23.6 Å². The molecule has 1 atom stereocenters. The molecule has 0 saturated carbocycles. The van der Waals surface area contributed by atoms with Gasteiger partial charge in [0.05, 0.1) is 13.2 Å². The van der Waals surface area contributed by atoms with Crippen LogP contribution in [0.15, 0.2) is 72.8 Å². The first-order valence-corrected chi connectivity index (χ1v) is 12.5. The average molecular weight is 517 g/mol. The summed E-state index contributed by atoms with van der Waals surface area (Å²) in [5, 5.41) is 14.4. The van der Waals surface area contributed by atoms with Crippen molar-refractivity contribution in [1.82, 2.24) is 5.32 Å². The van der Waals surface area contributed by atoms with Crippen LogP contribution in [0.3, 0.4) is 0 Å². The molecule has 5 rings (SSSR count). The molecular formula is C29H28N2O7. The fraction of sp³-hybridized carbons (Fsp3) is 0.276. The Balaban J connectivity index is 1.22. The Bertz CT molecular complexity index is 1270. The molecule has 9 nitrogen and oxygen atoms in total. The average Bonchev–Trinajstić information content (AvgIpc) is 3.57. The molecule has 2 amide bonds. The number of alkyl carbamates (subject to hydrolysis) is 1. The van der Waals surface area contributed by atoms with Gasteiger partial charge in [0.1, 0.15) is 12.6 Å². The Kier molecular flexibility index (Phi) is 7.67. The molecule has 0 aromatic heterocycles. The summed E-state index contributed by atoms with van der Waals surface area (Å²) >= 11 is 0. The van der Waals surface area contributed by atoms with Crippen LogP contribution in [0.1, 0.15) is 41.7 Å². The van der Waals surface area contributed by atoms with Crippen molar-refractivity contribution >= 4 is 23.7 Å². The highest BCUT2D eigenvalue weighted by atomic mass is 16.7. The number of ether oxygens (including phenoxy) is 3. The van der Waals surface area contributed by atoms with Crippen molar-refractivity contribution < 1.29 is 33.7 Å². The summed E-state index contributed by atoms with van der Waals surface area (Å²) in [6, 6.07) is 21.8. The number of benzene rings is 3. The molecule has 2 aliphatic rings. The number of rotatable bonds is 9. The molecular weight excluding hydrogens is 488 g/mol. The van der Waals surface area contributed by atoms with Crippen LogP contribution < -0.4 is 10.6 Å². The Hall–Kier alpha value is -4.21. The van der Waals surface area contributed by atoms with E-state index in [1.165, 1.54) is 0 Å². The maximum absolute atomic E-state index is 13.0. The molecule has 1 fully saturated rings. The smallest absolute Gasteiger partial charge is 0.407 e. The number of carboxylic acids is 1. The lowest BCUT2D eigenvalue weighted by molar-refractivity contribution is -0.137. The maximum Gasteiger partial charge on any atom is 0.407 e. The number of aliphatic carboxylic acids is 1. The van der Waals surface area contributed by atoms with E-state index in [2.05, 4.69) is 10.6 Å². The second-order valence-electron chi connectivity index (χ2n) is 9.14. The van der Waals surface area contributed by atoms with E-state index in [1.54, 1.807) is 24.3 Å². The second-order valence-corrected chi connectivity index (χ2v) is 9.14. The van der Waals surface area contributed by atoms with Gasteiger partial charge in [-0.2, -0.15) is 0 Å². The van der Waals surface area contributed by atoms with Gasteiger partial charge in [-0.25, -0.2) is 4.79 Å². The van der Waals surface area contributed by atoms with Crippen molar-refractivity contribution in [2.75, 3.05) is 25.1 Å². The lowest BCUT2D eigenvalue weighted by Gasteiger charge is -2.19. The molecule has 3 N–H and O–H groups in total. The van der Waals surface area contributed by atoms with Crippen LogP contribution in [0.5, 0.6) is 0 Å². The van der Waals surface area contributed by atoms with Crippen molar-refractivity contribution in [3.05, 3.63) is 89.5 Å². The molecule has 0 bridgehead atoms. The highest BCUT2D eigenvalue weighted by Crippen LogP contribution is 2.44. The Morgan fingerprint density at radius 1 is 0.895 bits per heavy atom. The van der Waals surface area contributed by atoms with E-state index in [0.717, 1.165) is 27.8 Å². The molecule has 1 heterocycles. The maximum atomic E-state index is 13.0. The van der Waals surface area contributed by atoms with Gasteiger partial charge in [0.15, 0.2) is 6.29 Å². The predicted octanol–water partition coefficient (Wildman–Crippen LogP) is 4.44. The summed E-state index contributed by atoms with van der Waals surface area (Å²) in [5.41, 5.74) is 5.66. The lowest BCUT2D eigenvalue weighted by atomic mass is 9.98. The van der Waals surface area contributed by atoms with Gasteiger partial charge in [0.25, 0.3) is 0 Å². The number of carboxylic acid groups (broad SMARTS) is 1. The highest BCUT2D eigenvalue weighted by Gasteiger charge is 2.30. The van der Waals surface area contributed by atoms with Crippen molar-refractivity contribution in [2.24, 2.45) is 0 Å². The monoisotopic (exact) mass is 516 g/mol. The zero-order chi connectivity index (χ0) is 26.5. The zero-order valence-electron chi connectivity index (χ0n) is 20.6. The minimum atomic E-state index is -1.09. The molecule has 1 aliphatic carbocycles. The summed E-state index contributed by atoms with van der Waals surface area (Å²) in [6.07, 6.45) is -1.61. The van der Waals surface area contributed by atoms with Crippen molar-refractivity contribution in [1.29, 1.82) is 0 Å². The molecule has 0 spiro atoms. The molecule has 1 saturated heterocycles. The van der Waals surface area contributed by atoms with Crippen LogP contribution in [-0.4, -0.2) is 48.9 Å². The first kappa shape index (κ1) is 25.4. The summed E-state index contributed by atoms with van der Waals surface area (Å²) in [4.78, 5) is 36.9. The van der Waals surface area contributed by atoms with E-state index < -0.39 is 30.3 Å². The molecule has 3 aromatic rings. The van der Waals surface area contributed by atoms with Gasteiger partial charge < -0.3 is 30.0 Å². The number of amides is 2. The minimum Gasteiger partial charge on any atom is -0.481 e. The zero-order valence-corrected chi connectivity index (χ0v) is 20.6. The van der Waals surface area contributed by atoms with Crippen LogP contribution in [0.25, 0.3) is 11.1 Å². The summed E-state index contributed by atoms with van der Waals surface area (Å²) in [6.45, 7) is 1.13. The third-order valence-electron chi connectivity index (χ3n) is 6.67. The van der Waals surface area contributed by atoms with Crippen molar-refractivity contribution in [2.45, 2.75) is 31.1 Å². The molecule has 1 aliphatic heterocycles. The van der Waals surface area contributed by atoms with E-state index in [4.69, 9.17) is 19.3 Å². The number of nitrogens with one attached hydrogen (secondary N) is 2. The van der Waals surface area contributed by atoms with E-state index in [0.29, 0.717) is 18.9 Å². The van der Waals surface area contributed by atoms with Crippen molar-refractivity contribution in [3.63, 3.8) is 0 Å². The first-order valence-electron chi connectivity index (χ1n) is 12.5. The standard InChI is InChI=1S/C29H28N2O7/c32-26(33)14-13-25(27(34)30-19-11-9-18(10-12-19)28-36-15-16-37-28)31-29(35)38-17-24-22-7-3-1-5-20(22)21-6-2-4-8-23(21)24/h1-12,24-25,28H,13-17H2,(H,30,34)(H,31,35)(H,32,33). The highest BCUT2D eigenvalue weighted by molar-refractivity contribution is 5.96. The van der Waals surface area contributed by atoms with E-state index in [-0.39, 0.29) is 25.4 Å². The Morgan fingerprint density at radius 3 is 2.11 bits per heavy atom. The lowest BCUT2D eigenvalue weighted by Crippen LogP contribution is -2.44. The first-order chi connectivity index (χ1) is 18.5. The third-order valence-corrected chi connectivity index (χ3v) is 6.67. The van der Waals surface area contributed by atoms with E-state index in [9.17, 15) is 14.4 Å². The summed E-state index contributed by atoms with van der Waals surface area (Å²) < 4.78 is 16.5. The van der Waals surface area contributed by atoms with Crippen molar-refractivity contribution in [3.8, 4) is 11.1 Å². The van der Waals surface area contributed by atoms with Crippen LogP contribution in [-0.2, 0) is 23.8 Å². The molecule has 1 unspecified atom stereocenters. The molecule has 196 valence electrons. The van der Waals surface area contributed by atoms with Crippen LogP contribution in [0.4, 0.5) is 10.5 Å². The quantitative estimate of drug-likeness (QED) is 0.384. The van der Waals surface area contributed by atoms with Gasteiger partial charge in [-0.3, -0.25) is 9.59 Å². The Labute approximate surface area is 219 Å². The third kappa shape index (κ3) is 5.69. The van der Waals surface area contributed by atoms with Crippen LogP contribution >= 0.6 is 0 Å². The number of hydrogen-bond acceptors (Lipinski definition) is 6. The van der Waals surface area contributed by atoms with E-state index >= 15 is 0 Å². The summed E-state index contributed by atoms with van der Waals surface area (Å²) in [5.74, 6) is -1.75. The SMILES string of the molecule is O=C(O)CCC(NC(=O)OCC1c2ccccc2-c2ccccc21)C(=O)Nc1ccc(C2OCCO2)cc1. The number of carbonyl (C=O) groups is 3. The fourth-order valence-corrected chi connectivity index (χ4v) is 4.82. The van der Waals surface area contributed by atoms with Crippen LogP contribution in [0, 0.1) is 0 Å². The molecule has 38 heavy (non-hydrogen) atoms. The molecule has 0 radical (unpaired) electrons. The van der Waals surface area contributed by atoms with E-state index in [1.807, 2.05) is 48.5 Å². The second kappa shape index (κ2) is 11.5. The van der Waals surface area contributed by atoms with Gasteiger partial charge in [-0.05, 0) is 40.8 Å². The number of fused-ring (bicyclic) bond motifs is 3. The van der Waals surface area contributed by atoms with Gasteiger partial charge in [-0.15, -0.1) is 0 Å². The summed E-state index contributed by atoms with van der Waals surface area (Å²) in [7, 11) is 0. The number of anilines is 1. The van der Waals surface area contributed by atoms with Gasteiger partial charge in [0.2, 0.25) is 5.91 Å². The van der Waals surface area contributed by atoms with Gasteiger partial charge >= 0.3 is 12.1 Å². The van der Waals surface area contributed by atoms with Crippen LogP contribution in [0.2, 0.25) is 0 Å². The minimum absolute atomic E-state index is 0.0832. The largest absolute Gasteiger partial charge is 0.481 e.